The van der Waals surface area contributed by atoms with Crippen molar-refractivity contribution in [2.75, 3.05) is 0 Å². The summed E-state index contributed by atoms with van der Waals surface area (Å²) in [6.45, 7) is 1.82. The van der Waals surface area contributed by atoms with Gasteiger partial charge in [0.05, 0.1) is 5.56 Å². The second kappa shape index (κ2) is 5.71. The molecule has 1 heterocycles. The Hall–Kier alpha value is -2.12. The van der Waals surface area contributed by atoms with Gasteiger partial charge in [-0.3, -0.25) is 0 Å². The lowest BCUT2D eigenvalue weighted by molar-refractivity contribution is 0.0696. The van der Waals surface area contributed by atoms with Crippen molar-refractivity contribution in [2.45, 2.75) is 11.8 Å². The van der Waals surface area contributed by atoms with Gasteiger partial charge in [0.2, 0.25) is 0 Å². The van der Waals surface area contributed by atoms with Crippen LogP contribution in [0, 0.1) is 6.92 Å². The van der Waals surface area contributed by atoms with Crippen molar-refractivity contribution < 1.29 is 22.5 Å². The van der Waals surface area contributed by atoms with Gasteiger partial charge in [0.1, 0.15) is 9.92 Å². The Bertz CT molecular complexity index is 787. The number of aromatic carboxylic acids is 1. The van der Waals surface area contributed by atoms with Gasteiger partial charge in [0.15, 0.2) is 0 Å². The monoisotopic (exact) mass is 327 g/mol. The standard InChI is InChI=1S/C13H10ClNO5S/c1-8-2-4-10(5-3-8)21(18,19)20-12-11(14)6-9(7-15-12)13(16)17/h2-7H,1H3,(H,16,17). The van der Waals surface area contributed by atoms with Gasteiger partial charge in [-0.05, 0) is 25.1 Å². The molecule has 6 nitrogen and oxygen atoms in total. The molecular formula is C13H10ClNO5S. The van der Waals surface area contributed by atoms with E-state index in [1.807, 2.05) is 6.92 Å². The van der Waals surface area contributed by atoms with E-state index in [4.69, 9.17) is 20.9 Å². The fraction of sp³-hybridized carbons (Fsp3) is 0.0769. The maximum atomic E-state index is 12.0. The number of pyridine rings is 1. The lowest BCUT2D eigenvalue weighted by Gasteiger charge is -2.08. The van der Waals surface area contributed by atoms with Crippen LogP contribution in [0.2, 0.25) is 5.02 Å². The van der Waals surface area contributed by atoms with Crippen molar-refractivity contribution in [1.29, 1.82) is 0 Å². The zero-order chi connectivity index (χ0) is 15.6. The van der Waals surface area contributed by atoms with Crippen molar-refractivity contribution in [3.63, 3.8) is 0 Å². The molecule has 1 aromatic heterocycles. The molecule has 0 amide bonds. The number of carboxylic acid groups (broad SMARTS) is 1. The zero-order valence-electron chi connectivity index (χ0n) is 10.8. The highest BCUT2D eigenvalue weighted by Gasteiger charge is 2.20. The average molecular weight is 328 g/mol. The summed E-state index contributed by atoms with van der Waals surface area (Å²) in [4.78, 5) is 14.3. The van der Waals surface area contributed by atoms with Gasteiger partial charge in [-0.15, -0.1) is 0 Å². The summed E-state index contributed by atoms with van der Waals surface area (Å²) in [5.74, 6) is -1.60. The minimum Gasteiger partial charge on any atom is -0.478 e. The largest absolute Gasteiger partial charge is 0.478 e. The number of halogens is 1. The Kier molecular flexibility index (Phi) is 4.15. The van der Waals surface area contributed by atoms with Gasteiger partial charge in [0, 0.05) is 6.20 Å². The summed E-state index contributed by atoms with van der Waals surface area (Å²) in [6.07, 6.45) is 0.966. The Morgan fingerprint density at radius 2 is 1.90 bits per heavy atom. The molecule has 110 valence electrons. The molecule has 0 radical (unpaired) electrons. The third kappa shape index (κ3) is 3.50. The minimum absolute atomic E-state index is 0.0479. The number of carboxylic acids is 1. The van der Waals surface area contributed by atoms with Crippen molar-refractivity contribution in [2.24, 2.45) is 0 Å². The molecule has 0 aliphatic heterocycles. The Morgan fingerprint density at radius 1 is 1.29 bits per heavy atom. The van der Waals surface area contributed by atoms with Crippen LogP contribution in [-0.2, 0) is 10.1 Å². The molecule has 8 heteroatoms. The van der Waals surface area contributed by atoms with Crippen LogP contribution in [0.25, 0.3) is 0 Å². The first-order valence-electron chi connectivity index (χ1n) is 5.69. The predicted molar refractivity (Wildman–Crippen MR) is 75.2 cm³/mol. The van der Waals surface area contributed by atoms with Gasteiger partial charge < -0.3 is 9.29 Å². The van der Waals surface area contributed by atoms with Gasteiger partial charge in [-0.1, -0.05) is 29.3 Å². The summed E-state index contributed by atoms with van der Waals surface area (Å²) >= 11 is 5.78. The molecule has 0 bridgehead atoms. The van der Waals surface area contributed by atoms with Crippen LogP contribution in [0.3, 0.4) is 0 Å². The molecule has 21 heavy (non-hydrogen) atoms. The van der Waals surface area contributed by atoms with E-state index in [2.05, 4.69) is 4.98 Å². The normalized spacial score (nSPS) is 11.1. The number of hydrogen-bond donors (Lipinski definition) is 1. The van der Waals surface area contributed by atoms with Crippen molar-refractivity contribution >= 4 is 27.7 Å². The van der Waals surface area contributed by atoms with Crippen LogP contribution in [0.4, 0.5) is 0 Å². The number of benzene rings is 1. The van der Waals surface area contributed by atoms with Crippen molar-refractivity contribution in [3.05, 3.63) is 52.7 Å². The van der Waals surface area contributed by atoms with Crippen LogP contribution >= 0.6 is 11.6 Å². The number of hydrogen-bond acceptors (Lipinski definition) is 5. The number of aromatic nitrogens is 1. The van der Waals surface area contributed by atoms with Crippen LogP contribution < -0.4 is 4.18 Å². The summed E-state index contributed by atoms with van der Waals surface area (Å²) in [5.41, 5.74) is 0.732. The van der Waals surface area contributed by atoms with Crippen LogP contribution in [0.5, 0.6) is 5.88 Å². The second-order valence-electron chi connectivity index (χ2n) is 4.17. The van der Waals surface area contributed by atoms with Crippen molar-refractivity contribution in [3.8, 4) is 5.88 Å². The first-order valence-corrected chi connectivity index (χ1v) is 7.48. The van der Waals surface area contributed by atoms with E-state index in [9.17, 15) is 13.2 Å². The highest BCUT2D eigenvalue weighted by Crippen LogP contribution is 2.26. The molecule has 0 aliphatic carbocycles. The molecule has 0 saturated heterocycles. The second-order valence-corrected chi connectivity index (χ2v) is 6.12. The Labute approximate surface area is 126 Å². The number of rotatable bonds is 4. The summed E-state index contributed by atoms with van der Waals surface area (Å²) in [5, 5.41) is 8.58. The smallest absolute Gasteiger partial charge is 0.340 e. The van der Waals surface area contributed by atoms with E-state index in [-0.39, 0.29) is 21.4 Å². The van der Waals surface area contributed by atoms with Gasteiger partial charge in [-0.25, -0.2) is 9.78 Å². The first-order chi connectivity index (χ1) is 9.79. The van der Waals surface area contributed by atoms with E-state index < -0.39 is 16.1 Å². The molecule has 0 aliphatic rings. The molecule has 0 saturated carbocycles. The van der Waals surface area contributed by atoms with E-state index in [1.165, 1.54) is 12.1 Å². The molecule has 0 unspecified atom stereocenters. The maximum Gasteiger partial charge on any atom is 0.340 e. The van der Waals surface area contributed by atoms with E-state index in [0.29, 0.717) is 0 Å². The van der Waals surface area contributed by atoms with Gasteiger partial charge in [0.25, 0.3) is 5.88 Å². The van der Waals surface area contributed by atoms with E-state index >= 15 is 0 Å². The lowest BCUT2D eigenvalue weighted by Crippen LogP contribution is -2.11. The van der Waals surface area contributed by atoms with Crippen LogP contribution in [0.15, 0.2) is 41.4 Å². The Balaban J connectivity index is 2.32. The zero-order valence-corrected chi connectivity index (χ0v) is 12.4. The van der Waals surface area contributed by atoms with Crippen LogP contribution in [-0.4, -0.2) is 24.5 Å². The number of carbonyl (C=O) groups is 1. The summed E-state index contributed by atoms with van der Waals surface area (Å²) in [6, 6.07) is 7.10. The highest BCUT2D eigenvalue weighted by molar-refractivity contribution is 7.87. The first kappa shape index (κ1) is 15.3. The summed E-state index contributed by atoms with van der Waals surface area (Å²) < 4.78 is 28.9. The maximum absolute atomic E-state index is 12.0. The van der Waals surface area contributed by atoms with E-state index in [0.717, 1.165) is 17.8 Å². The van der Waals surface area contributed by atoms with E-state index in [1.54, 1.807) is 12.1 Å². The molecular weight excluding hydrogens is 318 g/mol. The fourth-order valence-electron chi connectivity index (χ4n) is 1.46. The molecule has 1 N–H and O–H groups in total. The van der Waals surface area contributed by atoms with Gasteiger partial charge in [-0.2, -0.15) is 8.42 Å². The lowest BCUT2D eigenvalue weighted by atomic mass is 10.2. The van der Waals surface area contributed by atoms with Crippen molar-refractivity contribution in [1.82, 2.24) is 4.98 Å². The predicted octanol–water partition coefficient (Wildman–Crippen LogP) is 2.51. The third-order valence-electron chi connectivity index (χ3n) is 2.55. The minimum atomic E-state index is -4.08. The molecule has 0 fully saturated rings. The Morgan fingerprint density at radius 3 is 2.43 bits per heavy atom. The SMILES string of the molecule is Cc1ccc(S(=O)(=O)Oc2ncc(C(=O)O)cc2Cl)cc1. The highest BCUT2D eigenvalue weighted by atomic mass is 35.5. The molecule has 0 atom stereocenters. The molecule has 2 rings (SSSR count). The third-order valence-corrected chi connectivity index (χ3v) is 4.05. The average Bonchev–Trinajstić information content (AvgIpc) is 2.41. The van der Waals surface area contributed by atoms with Crippen LogP contribution in [0.1, 0.15) is 15.9 Å². The molecule has 2 aromatic rings. The summed E-state index contributed by atoms with van der Waals surface area (Å²) in [7, 11) is -4.08. The topological polar surface area (TPSA) is 93.6 Å². The molecule has 0 spiro atoms. The molecule has 1 aromatic carbocycles. The number of nitrogens with zero attached hydrogens (tertiary/aromatic N) is 1. The number of aryl methyl sites for hydroxylation is 1. The quantitative estimate of drug-likeness (QED) is 0.867. The fourth-order valence-corrected chi connectivity index (χ4v) is 2.62. The van der Waals surface area contributed by atoms with Gasteiger partial charge >= 0.3 is 16.1 Å².